The molecule has 144 valence electrons. The average Bonchev–Trinajstić information content (AvgIpc) is 3.28. The van der Waals surface area contributed by atoms with E-state index < -0.39 is 0 Å². The maximum absolute atomic E-state index is 4.71. The van der Waals surface area contributed by atoms with Crippen molar-refractivity contribution in [1.82, 2.24) is 25.0 Å². The summed E-state index contributed by atoms with van der Waals surface area (Å²) in [4.78, 5) is 4.71. The van der Waals surface area contributed by atoms with Crippen LogP contribution >= 0.6 is 0 Å². The van der Waals surface area contributed by atoms with E-state index in [0.29, 0.717) is 0 Å². The lowest BCUT2D eigenvalue weighted by atomic mass is 10.2. The zero-order valence-electron chi connectivity index (χ0n) is 16.4. The van der Waals surface area contributed by atoms with E-state index in [2.05, 4.69) is 69.9 Å². The van der Waals surface area contributed by atoms with Crippen LogP contribution in [0.2, 0.25) is 0 Å². The van der Waals surface area contributed by atoms with Crippen LogP contribution in [0.5, 0.6) is 0 Å². The number of benzene rings is 1. The maximum Gasteiger partial charge on any atom is 0.191 e. The van der Waals surface area contributed by atoms with Crippen LogP contribution in [0.3, 0.4) is 0 Å². The van der Waals surface area contributed by atoms with Gasteiger partial charge in [-0.1, -0.05) is 18.2 Å². The highest BCUT2D eigenvalue weighted by molar-refractivity contribution is 5.80. The highest BCUT2D eigenvalue weighted by atomic mass is 15.2. The van der Waals surface area contributed by atoms with Gasteiger partial charge < -0.3 is 15.2 Å². The zero-order chi connectivity index (χ0) is 18.9. The summed E-state index contributed by atoms with van der Waals surface area (Å²) in [5, 5.41) is 12.3. The number of fused-ring (bicyclic) bond motifs is 1. The van der Waals surface area contributed by atoms with E-state index in [1.807, 2.05) is 17.9 Å². The Balaban J connectivity index is 1.41. The minimum Gasteiger partial charge on any atom is -0.357 e. The lowest BCUT2D eigenvalue weighted by molar-refractivity contribution is 0.665. The second-order valence-electron chi connectivity index (χ2n) is 6.73. The van der Waals surface area contributed by atoms with Crippen molar-refractivity contribution < 1.29 is 0 Å². The normalized spacial score (nSPS) is 11.9. The van der Waals surface area contributed by atoms with E-state index >= 15 is 0 Å². The van der Waals surface area contributed by atoms with E-state index in [-0.39, 0.29) is 0 Å². The Hall–Kier alpha value is -2.76. The largest absolute Gasteiger partial charge is 0.357 e. The average molecular weight is 367 g/mol. The summed E-state index contributed by atoms with van der Waals surface area (Å²) in [6, 6.07) is 10.7. The first-order chi connectivity index (χ1) is 13.3. The number of aromatic nitrogens is 3. The van der Waals surface area contributed by atoms with Crippen LogP contribution in [0.1, 0.15) is 25.3 Å². The molecule has 0 atom stereocenters. The van der Waals surface area contributed by atoms with Crippen molar-refractivity contribution in [3.8, 4) is 0 Å². The summed E-state index contributed by atoms with van der Waals surface area (Å²) in [6.45, 7) is 5.67. The number of guanidine groups is 1. The second-order valence-corrected chi connectivity index (χ2v) is 6.73. The van der Waals surface area contributed by atoms with Crippen molar-refractivity contribution in [2.24, 2.45) is 12.0 Å². The van der Waals surface area contributed by atoms with Crippen LogP contribution in [0.25, 0.3) is 10.9 Å². The number of aryl methyl sites for hydroxylation is 3. The predicted octanol–water partition coefficient (Wildman–Crippen LogP) is 2.95. The van der Waals surface area contributed by atoms with Crippen molar-refractivity contribution in [3.05, 3.63) is 54.5 Å². The van der Waals surface area contributed by atoms with E-state index in [4.69, 9.17) is 4.99 Å². The zero-order valence-corrected chi connectivity index (χ0v) is 16.4. The molecule has 2 N–H and O–H groups in total. The van der Waals surface area contributed by atoms with Crippen molar-refractivity contribution in [3.63, 3.8) is 0 Å². The quantitative estimate of drug-likeness (QED) is 0.348. The van der Waals surface area contributed by atoms with Gasteiger partial charge in [-0.25, -0.2) is 0 Å². The van der Waals surface area contributed by atoms with Crippen LogP contribution < -0.4 is 10.6 Å². The molecular weight excluding hydrogens is 336 g/mol. The van der Waals surface area contributed by atoms with Gasteiger partial charge in [0.25, 0.3) is 0 Å². The second kappa shape index (κ2) is 9.80. The molecule has 0 aliphatic carbocycles. The highest BCUT2D eigenvalue weighted by Gasteiger charge is 2.01. The minimum atomic E-state index is 0.810. The van der Waals surface area contributed by atoms with Crippen molar-refractivity contribution in [1.29, 1.82) is 0 Å². The third-order valence-electron chi connectivity index (χ3n) is 4.54. The van der Waals surface area contributed by atoms with Crippen LogP contribution in [0, 0.1) is 0 Å². The molecule has 0 aliphatic heterocycles. The number of para-hydroxylation sites is 1. The topological polar surface area (TPSA) is 59.2 Å². The third kappa shape index (κ3) is 5.61. The molecule has 0 amide bonds. The van der Waals surface area contributed by atoms with Gasteiger partial charge in [0.05, 0.1) is 6.20 Å². The molecule has 2 aromatic heterocycles. The molecule has 0 bridgehead atoms. The number of hydrogen-bond donors (Lipinski definition) is 2. The molecule has 0 saturated carbocycles. The van der Waals surface area contributed by atoms with Gasteiger partial charge in [-0.05, 0) is 49.3 Å². The molecule has 1 aromatic carbocycles. The Morgan fingerprint density at radius 3 is 2.85 bits per heavy atom. The molecule has 6 nitrogen and oxygen atoms in total. The van der Waals surface area contributed by atoms with Gasteiger partial charge in [0, 0.05) is 51.1 Å². The van der Waals surface area contributed by atoms with Crippen molar-refractivity contribution in [2.45, 2.75) is 32.7 Å². The molecule has 2 heterocycles. The molecule has 3 aromatic rings. The first kappa shape index (κ1) is 19.0. The molecule has 0 saturated heterocycles. The summed E-state index contributed by atoms with van der Waals surface area (Å²) in [5.41, 5.74) is 2.57. The summed E-state index contributed by atoms with van der Waals surface area (Å²) in [5.74, 6) is 0.904. The van der Waals surface area contributed by atoms with Gasteiger partial charge in [0.2, 0.25) is 0 Å². The first-order valence-electron chi connectivity index (χ1n) is 9.80. The van der Waals surface area contributed by atoms with Crippen LogP contribution in [0.15, 0.2) is 53.9 Å². The SMILES string of the molecule is CCNC(=NCCCn1ccc2ccccc21)NCCCc1cnn(C)c1. The summed E-state index contributed by atoms with van der Waals surface area (Å²) in [7, 11) is 1.95. The smallest absolute Gasteiger partial charge is 0.191 e. The van der Waals surface area contributed by atoms with E-state index in [1.165, 1.54) is 16.5 Å². The molecule has 0 aliphatic rings. The number of nitrogens with one attached hydrogen (secondary N) is 2. The summed E-state index contributed by atoms with van der Waals surface area (Å²) in [6.07, 6.45) is 9.28. The first-order valence-corrected chi connectivity index (χ1v) is 9.80. The van der Waals surface area contributed by atoms with Gasteiger partial charge in [-0.15, -0.1) is 0 Å². The summed E-state index contributed by atoms with van der Waals surface area (Å²) < 4.78 is 4.15. The van der Waals surface area contributed by atoms with Gasteiger partial charge in [-0.3, -0.25) is 9.67 Å². The van der Waals surface area contributed by atoms with Crippen LogP contribution in [-0.4, -0.2) is 39.9 Å². The lowest BCUT2D eigenvalue weighted by Gasteiger charge is -2.11. The van der Waals surface area contributed by atoms with Crippen LogP contribution in [0.4, 0.5) is 0 Å². The molecule has 0 fully saturated rings. The Kier molecular flexibility index (Phi) is 6.90. The number of hydrogen-bond acceptors (Lipinski definition) is 2. The Labute approximate surface area is 161 Å². The Morgan fingerprint density at radius 2 is 2.04 bits per heavy atom. The molecule has 0 spiro atoms. The number of aliphatic imine (C=N–C) groups is 1. The number of nitrogens with zero attached hydrogens (tertiary/aromatic N) is 4. The fraction of sp³-hybridized carbons (Fsp3) is 0.429. The summed E-state index contributed by atoms with van der Waals surface area (Å²) >= 11 is 0. The lowest BCUT2D eigenvalue weighted by Crippen LogP contribution is -2.38. The number of rotatable bonds is 9. The van der Waals surface area contributed by atoms with Crippen molar-refractivity contribution >= 4 is 16.9 Å². The monoisotopic (exact) mass is 366 g/mol. The Bertz CT molecular complexity index is 860. The fourth-order valence-corrected chi connectivity index (χ4v) is 3.21. The predicted molar refractivity (Wildman–Crippen MR) is 112 cm³/mol. The molecule has 0 radical (unpaired) electrons. The maximum atomic E-state index is 4.71. The highest BCUT2D eigenvalue weighted by Crippen LogP contribution is 2.15. The molecule has 3 rings (SSSR count). The molecular formula is C21H30N6. The van der Waals surface area contributed by atoms with E-state index in [1.54, 1.807) is 0 Å². The standard InChI is InChI=1S/C21H30N6/c1-3-22-21(23-12-6-8-18-16-25-26(2)17-18)24-13-7-14-27-15-11-19-9-4-5-10-20(19)27/h4-5,9-11,15-17H,3,6-8,12-14H2,1-2H3,(H2,22,23,24). The molecule has 27 heavy (non-hydrogen) atoms. The van der Waals surface area contributed by atoms with E-state index in [9.17, 15) is 0 Å². The minimum absolute atomic E-state index is 0.810. The van der Waals surface area contributed by atoms with Gasteiger partial charge in [0.15, 0.2) is 5.96 Å². The fourth-order valence-electron chi connectivity index (χ4n) is 3.21. The van der Waals surface area contributed by atoms with Gasteiger partial charge >= 0.3 is 0 Å². The van der Waals surface area contributed by atoms with Gasteiger partial charge in [-0.2, -0.15) is 5.10 Å². The molecule has 0 unspecified atom stereocenters. The van der Waals surface area contributed by atoms with E-state index in [0.717, 1.165) is 51.4 Å². The third-order valence-corrected chi connectivity index (χ3v) is 4.54. The van der Waals surface area contributed by atoms with Crippen molar-refractivity contribution in [2.75, 3.05) is 19.6 Å². The molecule has 6 heteroatoms. The Morgan fingerprint density at radius 1 is 1.15 bits per heavy atom. The van der Waals surface area contributed by atoms with Crippen LogP contribution in [-0.2, 0) is 20.0 Å². The van der Waals surface area contributed by atoms with Gasteiger partial charge in [0.1, 0.15) is 0 Å².